The van der Waals surface area contributed by atoms with Gasteiger partial charge in [-0.3, -0.25) is 0 Å². The fourth-order valence-electron chi connectivity index (χ4n) is 0.953. The summed E-state index contributed by atoms with van der Waals surface area (Å²) in [5.74, 6) is -0.980. The van der Waals surface area contributed by atoms with Gasteiger partial charge in [0.15, 0.2) is 0 Å². The highest BCUT2D eigenvalue weighted by atomic mass is 35.5. The molecule has 0 radical (unpaired) electrons. The molecule has 0 aliphatic rings. The third-order valence-electron chi connectivity index (χ3n) is 2.19. The van der Waals surface area contributed by atoms with Crippen LogP contribution in [0.25, 0.3) is 0 Å². The largest absolute Gasteiger partial charge is 0.400 e. The number of hydrogen-bond donors (Lipinski definition) is 2. The van der Waals surface area contributed by atoms with E-state index < -0.39 is 5.92 Å². The molecule has 0 spiro atoms. The SMILES string of the molecule is CC(C)(C)SC(/C=C(\N)Cl)=C(/N)C(C#N)C=O.COC(C)(C)C. The van der Waals surface area contributed by atoms with Crippen LogP contribution in [0, 0.1) is 17.2 Å². The second-order valence-electron chi connectivity index (χ2n) is 6.62. The van der Waals surface area contributed by atoms with Crippen LogP contribution >= 0.6 is 23.4 Å². The van der Waals surface area contributed by atoms with Crippen molar-refractivity contribution in [1.29, 1.82) is 5.26 Å². The van der Waals surface area contributed by atoms with Gasteiger partial charge in [-0.2, -0.15) is 5.26 Å². The summed E-state index contributed by atoms with van der Waals surface area (Å²) in [6.07, 6.45) is 1.96. The minimum absolute atomic E-state index is 0.0417. The smallest absolute Gasteiger partial charge is 0.143 e. The molecule has 0 amide bonds. The van der Waals surface area contributed by atoms with Gasteiger partial charge in [-0.05, 0) is 26.8 Å². The molecule has 0 heterocycles. The lowest BCUT2D eigenvalue weighted by atomic mass is 10.1. The third kappa shape index (κ3) is 14.2. The first-order valence-electron chi connectivity index (χ1n) is 6.98. The van der Waals surface area contributed by atoms with Crippen molar-refractivity contribution in [3.8, 4) is 6.07 Å². The van der Waals surface area contributed by atoms with Crippen molar-refractivity contribution < 1.29 is 9.53 Å². The summed E-state index contributed by atoms with van der Waals surface area (Å²) in [6, 6.07) is 1.81. The molecule has 7 heteroatoms. The van der Waals surface area contributed by atoms with E-state index in [0.717, 1.165) is 0 Å². The van der Waals surface area contributed by atoms with Gasteiger partial charge >= 0.3 is 0 Å². The Balaban J connectivity index is 0. The molecule has 0 bridgehead atoms. The van der Waals surface area contributed by atoms with E-state index in [4.69, 9.17) is 33.1 Å². The van der Waals surface area contributed by atoms with Crippen LogP contribution in [-0.2, 0) is 9.53 Å². The van der Waals surface area contributed by atoms with E-state index in [1.165, 1.54) is 17.8 Å². The van der Waals surface area contributed by atoms with E-state index >= 15 is 0 Å². The number of allylic oxidation sites excluding steroid dienone is 2. The molecule has 0 aromatic carbocycles. The van der Waals surface area contributed by atoms with Crippen LogP contribution in [0.3, 0.4) is 0 Å². The van der Waals surface area contributed by atoms with E-state index in [2.05, 4.69) is 0 Å². The Morgan fingerprint density at radius 1 is 1.26 bits per heavy atom. The quantitative estimate of drug-likeness (QED) is 0.451. The average molecular weight is 362 g/mol. The summed E-state index contributed by atoms with van der Waals surface area (Å²) in [6.45, 7) is 12.0. The van der Waals surface area contributed by atoms with Gasteiger partial charge < -0.3 is 21.0 Å². The van der Waals surface area contributed by atoms with E-state index in [1.54, 1.807) is 7.11 Å². The van der Waals surface area contributed by atoms with E-state index in [1.807, 2.05) is 47.6 Å². The monoisotopic (exact) mass is 361 g/mol. The zero-order valence-electron chi connectivity index (χ0n) is 14.9. The van der Waals surface area contributed by atoms with Crippen LogP contribution in [0.5, 0.6) is 0 Å². The fraction of sp³-hybridized carbons (Fsp3) is 0.625. The van der Waals surface area contributed by atoms with Gasteiger partial charge in [0.25, 0.3) is 0 Å². The number of nitriles is 1. The molecule has 0 aliphatic carbocycles. The molecule has 132 valence electrons. The Morgan fingerprint density at radius 3 is 1.91 bits per heavy atom. The van der Waals surface area contributed by atoms with Gasteiger partial charge in [0.05, 0.1) is 11.7 Å². The van der Waals surface area contributed by atoms with Crippen molar-refractivity contribution in [2.75, 3.05) is 7.11 Å². The molecule has 0 aromatic heterocycles. The number of thioether (sulfide) groups is 1. The fourth-order valence-corrected chi connectivity index (χ4v) is 2.22. The molecule has 0 aliphatic heterocycles. The summed E-state index contributed by atoms with van der Waals surface area (Å²) in [7, 11) is 1.71. The number of ether oxygens (including phenoxy) is 1. The molecule has 1 unspecified atom stereocenters. The summed E-state index contributed by atoms with van der Waals surface area (Å²) >= 11 is 7.00. The first-order chi connectivity index (χ1) is 10.3. The summed E-state index contributed by atoms with van der Waals surface area (Å²) in [5.41, 5.74) is 11.4. The molecule has 1 atom stereocenters. The molecule has 23 heavy (non-hydrogen) atoms. The van der Waals surface area contributed by atoms with Gasteiger partial charge in [-0.25, -0.2) is 0 Å². The number of methoxy groups -OCH3 is 1. The molecule has 4 N–H and O–H groups in total. The van der Waals surface area contributed by atoms with Crippen LogP contribution in [0.2, 0.25) is 0 Å². The molecule has 0 fully saturated rings. The Labute approximate surface area is 149 Å². The average Bonchev–Trinajstić information content (AvgIpc) is 2.37. The predicted octanol–water partition coefficient (Wildman–Crippen LogP) is 3.50. The maximum atomic E-state index is 10.7. The van der Waals surface area contributed by atoms with Gasteiger partial charge in [0.2, 0.25) is 0 Å². The molecule has 0 rings (SSSR count). The van der Waals surface area contributed by atoms with Crippen LogP contribution in [0.1, 0.15) is 41.5 Å². The number of rotatable bonds is 4. The summed E-state index contributed by atoms with van der Waals surface area (Å²) in [4.78, 5) is 11.2. The van der Waals surface area contributed by atoms with E-state index in [0.29, 0.717) is 11.2 Å². The number of carbonyl (C=O) groups excluding carboxylic acids is 1. The maximum Gasteiger partial charge on any atom is 0.143 e. The van der Waals surface area contributed by atoms with Crippen LogP contribution < -0.4 is 11.5 Å². The topological polar surface area (TPSA) is 102 Å². The first-order valence-corrected chi connectivity index (χ1v) is 8.18. The van der Waals surface area contributed by atoms with E-state index in [9.17, 15) is 4.79 Å². The van der Waals surface area contributed by atoms with Crippen molar-refractivity contribution in [3.05, 3.63) is 21.8 Å². The Bertz CT molecular complexity index is 479. The number of hydrogen-bond acceptors (Lipinski definition) is 6. The van der Waals surface area contributed by atoms with Crippen molar-refractivity contribution in [3.63, 3.8) is 0 Å². The second kappa shape index (κ2) is 10.6. The zero-order chi connectivity index (χ0) is 18.8. The standard InChI is InChI=1S/C11H16ClN3OS.C5H12O/c1-11(2,3)17-8(4-9(12)14)10(15)7(5-13)6-16;1-5(2,3)6-4/h4,6-7H,14-15H2,1-3H3;1-4H3/b9-4-,10-8+;. The van der Waals surface area contributed by atoms with Gasteiger partial charge in [-0.1, -0.05) is 32.4 Å². The highest BCUT2D eigenvalue weighted by molar-refractivity contribution is 8.04. The maximum absolute atomic E-state index is 10.7. The van der Waals surface area contributed by atoms with Crippen molar-refractivity contribution in [1.82, 2.24) is 0 Å². The number of aldehydes is 1. The van der Waals surface area contributed by atoms with E-state index in [-0.39, 0.29) is 21.2 Å². The summed E-state index contributed by atoms with van der Waals surface area (Å²) in [5, 5.41) is 8.85. The third-order valence-corrected chi connectivity index (χ3v) is 3.49. The lowest BCUT2D eigenvalue weighted by Crippen LogP contribution is -2.16. The van der Waals surface area contributed by atoms with Crippen LogP contribution in [0.4, 0.5) is 0 Å². The Morgan fingerprint density at radius 2 is 1.70 bits per heavy atom. The van der Waals surface area contributed by atoms with Gasteiger partial charge in [0.1, 0.15) is 17.4 Å². The summed E-state index contributed by atoms with van der Waals surface area (Å²) < 4.78 is 4.80. The highest BCUT2D eigenvalue weighted by Gasteiger charge is 2.19. The lowest BCUT2D eigenvalue weighted by Gasteiger charge is -2.20. The predicted molar refractivity (Wildman–Crippen MR) is 98.6 cm³/mol. The molecular formula is C16H28ClN3O2S. The van der Waals surface area contributed by atoms with Crippen molar-refractivity contribution in [2.45, 2.75) is 51.9 Å². The number of nitrogens with zero attached hydrogens (tertiary/aromatic N) is 1. The second-order valence-corrected chi connectivity index (χ2v) is 8.93. The highest BCUT2D eigenvalue weighted by Crippen LogP contribution is 2.34. The van der Waals surface area contributed by atoms with Crippen LogP contribution in [-0.4, -0.2) is 23.7 Å². The first kappa shape index (κ1) is 24.1. The van der Waals surface area contributed by atoms with Gasteiger partial charge in [-0.15, -0.1) is 11.8 Å². The molecule has 0 aromatic rings. The van der Waals surface area contributed by atoms with Crippen molar-refractivity contribution in [2.24, 2.45) is 17.4 Å². The number of nitrogens with two attached hydrogens (primary N) is 2. The van der Waals surface area contributed by atoms with Gasteiger partial charge in [0, 0.05) is 22.5 Å². The molecule has 5 nitrogen and oxygen atoms in total. The number of halogens is 1. The zero-order valence-corrected chi connectivity index (χ0v) is 16.5. The lowest BCUT2D eigenvalue weighted by molar-refractivity contribution is -0.109. The van der Waals surface area contributed by atoms with Crippen LogP contribution in [0.15, 0.2) is 21.8 Å². The molecule has 0 saturated carbocycles. The Kier molecular flexibility index (Phi) is 11.1. The minimum Gasteiger partial charge on any atom is -0.400 e. The number of carbonyl (C=O) groups is 1. The molecule has 0 saturated heterocycles. The Hall–Kier alpha value is -1.16. The molecular weight excluding hydrogens is 334 g/mol. The normalized spacial score (nSPS) is 14.8. The minimum atomic E-state index is -0.980. The van der Waals surface area contributed by atoms with Crippen molar-refractivity contribution >= 4 is 29.6 Å².